The molecular formula is C24H32N2. The lowest BCUT2D eigenvalue weighted by atomic mass is 9.86. The van der Waals surface area contributed by atoms with Gasteiger partial charge in [-0.05, 0) is 72.0 Å². The van der Waals surface area contributed by atoms with Gasteiger partial charge in [-0.2, -0.15) is 0 Å². The van der Waals surface area contributed by atoms with Crippen LogP contribution in [0.15, 0.2) is 42.5 Å². The van der Waals surface area contributed by atoms with Crippen LogP contribution in [0.25, 0.3) is 22.2 Å². The quantitative estimate of drug-likeness (QED) is 0.529. The molecule has 1 heterocycles. The molecule has 0 unspecified atom stereocenters. The molecule has 138 valence electrons. The summed E-state index contributed by atoms with van der Waals surface area (Å²) in [5.41, 5.74) is 13.9. The van der Waals surface area contributed by atoms with E-state index in [0.717, 1.165) is 32.2 Å². The lowest BCUT2D eigenvalue weighted by molar-refractivity contribution is 0.591. The molecule has 0 aliphatic heterocycles. The molecule has 2 nitrogen and oxygen atoms in total. The smallest absolute Gasteiger partial charge is 0.0497 e. The van der Waals surface area contributed by atoms with Gasteiger partial charge in [-0.15, -0.1) is 0 Å². The van der Waals surface area contributed by atoms with Crippen molar-refractivity contribution in [2.45, 2.75) is 58.8 Å². The molecule has 0 aliphatic rings. The van der Waals surface area contributed by atoms with E-state index in [4.69, 9.17) is 5.73 Å². The molecule has 3 rings (SSSR count). The number of aryl methyl sites for hydroxylation is 2. The molecule has 0 saturated heterocycles. The number of nitrogens with one attached hydrogen (secondary N) is 1. The Kier molecular flexibility index (Phi) is 5.52. The predicted molar refractivity (Wildman–Crippen MR) is 114 cm³/mol. The first kappa shape index (κ1) is 18.7. The maximum absolute atomic E-state index is 5.74. The molecule has 0 amide bonds. The number of hydrogen-bond acceptors (Lipinski definition) is 1. The summed E-state index contributed by atoms with van der Waals surface area (Å²) >= 11 is 0. The van der Waals surface area contributed by atoms with Crippen molar-refractivity contribution < 1.29 is 0 Å². The van der Waals surface area contributed by atoms with Gasteiger partial charge in [-0.3, -0.25) is 0 Å². The fraction of sp³-hybridized carbons (Fsp3) is 0.417. The van der Waals surface area contributed by atoms with E-state index in [-0.39, 0.29) is 5.41 Å². The Morgan fingerprint density at radius 2 is 1.69 bits per heavy atom. The van der Waals surface area contributed by atoms with Gasteiger partial charge in [0, 0.05) is 16.6 Å². The van der Waals surface area contributed by atoms with Gasteiger partial charge in [-0.25, -0.2) is 0 Å². The van der Waals surface area contributed by atoms with Crippen LogP contribution in [-0.2, 0) is 18.3 Å². The fourth-order valence-corrected chi connectivity index (χ4v) is 3.57. The molecule has 0 atom stereocenters. The van der Waals surface area contributed by atoms with Crippen molar-refractivity contribution in [2.75, 3.05) is 6.54 Å². The van der Waals surface area contributed by atoms with E-state index in [1.54, 1.807) is 0 Å². The highest BCUT2D eigenvalue weighted by atomic mass is 14.7. The molecule has 0 bridgehead atoms. The summed E-state index contributed by atoms with van der Waals surface area (Å²) in [5.74, 6) is 0. The lowest BCUT2D eigenvalue weighted by Crippen LogP contribution is -2.10. The summed E-state index contributed by atoms with van der Waals surface area (Å²) < 4.78 is 0. The summed E-state index contributed by atoms with van der Waals surface area (Å²) in [5, 5.41) is 1.36. The SMILES string of the molecule is CCc1ccc(-c2[nH]c3ccc(C(C)(C)C)cc3c2CCCCN)cc1. The Morgan fingerprint density at radius 1 is 0.962 bits per heavy atom. The zero-order chi connectivity index (χ0) is 18.7. The van der Waals surface area contributed by atoms with Crippen LogP contribution in [0.2, 0.25) is 0 Å². The molecule has 0 saturated carbocycles. The van der Waals surface area contributed by atoms with Crippen LogP contribution >= 0.6 is 0 Å². The van der Waals surface area contributed by atoms with Gasteiger partial charge in [0.15, 0.2) is 0 Å². The molecule has 0 aliphatic carbocycles. The number of aromatic amines is 1. The van der Waals surface area contributed by atoms with Gasteiger partial charge < -0.3 is 10.7 Å². The van der Waals surface area contributed by atoms with Gasteiger partial charge in [0.25, 0.3) is 0 Å². The zero-order valence-corrected chi connectivity index (χ0v) is 16.7. The second-order valence-electron chi connectivity index (χ2n) is 8.29. The molecule has 2 aromatic carbocycles. The van der Waals surface area contributed by atoms with Crippen LogP contribution in [0.3, 0.4) is 0 Å². The summed E-state index contributed by atoms with van der Waals surface area (Å²) in [6.45, 7) is 9.79. The van der Waals surface area contributed by atoms with Crippen LogP contribution in [0, 0.1) is 0 Å². The Morgan fingerprint density at radius 3 is 2.31 bits per heavy atom. The van der Waals surface area contributed by atoms with E-state index in [2.05, 4.69) is 75.1 Å². The van der Waals surface area contributed by atoms with Crippen molar-refractivity contribution in [3.8, 4) is 11.3 Å². The van der Waals surface area contributed by atoms with Crippen molar-refractivity contribution in [3.63, 3.8) is 0 Å². The Labute approximate surface area is 157 Å². The van der Waals surface area contributed by atoms with Gasteiger partial charge >= 0.3 is 0 Å². The number of nitrogens with two attached hydrogens (primary N) is 1. The number of hydrogen-bond donors (Lipinski definition) is 2. The minimum atomic E-state index is 0.156. The first-order valence-electron chi connectivity index (χ1n) is 9.88. The number of H-pyrrole nitrogens is 1. The first-order valence-corrected chi connectivity index (χ1v) is 9.88. The van der Waals surface area contributed by atoms with Crippen LogP contribution in [0.4, 0.5) is 0 Å². The third-order valence-electron chi connectivity index (χ3n) is 5.30. The molecule has 1 aromatic heterocycles. The molecule has 3 N–H and O–H groups in total. The fourth-order valence-electron chi connectivity index (χ4n) is 3.57. The highest BCUT2D eigenvalue weighted by Gasteiger charge is 2.18. The summed E-state index contributed by atoms with van der Waals surface area (Å²) in [6.07, 6.45) is 4.34. The van der Waals surface area contributed by atoms with Crippen molar-refractivity contribution in [1.82, 2.24) is 4.98 Å². The Balaban J connectivity index is 2.12. The zero-order valence-electron chi connectivity index (χ0n) is 16.7. The van der Waals surface area contributed by atoms with Crippen LogP contribution < -0.4 is 5.73 Å². The maximum atomic E-state index is 5.74. The number of unbranched alkanes of at least 4 members (excludes halogenated alkanes) is 1. The lowest BCUT2D eigenvalue weighted by Gasteiger charge is -2.19. The van der Waals surface area contributed by atoms with Gasteiger partial charge in [-0.1, -0.05) is 58.0 Å². The summed E-state index contributed by atoms with van der Waals surface area (Å²) in [7, 11) is 0. The van der Waals surface area contributed by atoms with E-state index in [9.17, 15) is 0 Å². The number of fused-ring (bicyclic) bond motifs is 1. The van der Waals surface area contributed by atoms with Gasteiger partial charge in [0.2, 0.25) is 0 Å². The standard InChI is InChI=1S/C24H32N2/c1-5-17-9-11-18(12-10-17)23-20(8-6-7-15-25)21-16-19(24(2,3)4)13-14-22(21)26-23/h9-14,16,26H,5-8,15,25H2,1-4H3. The van der Waals surface area contributed by atoms with E-state index in [1.807, 2.05) is 0 Å². The minimum Gasteiger partial charge on any atom is -0.354 e. The monoisotopic (exact) mass is 348 g/mol. The third-order valence-corrected chi connectivity index (χ3v) is 5.30. The van der Waals surface area contributed by atoms with E-state index >= 15 is 0 Å². The Hall–Kier alpha value is -2.06. The first-order chi connectivity index (χ1) is 12.4. The number of aromatic nitrogens is 1. The molecule has 0 fully saturated rings. The number of rotatable bonds is 6. The average molecular weight is 349 g/mol. The normalized spacial score (nSPS) is 12.0. The highest BCUT2D eigenvalue weighted by molar-refractivity contribution is 5.91. The Bertz CT molecular complexity index is 864. The third kappa shape index (κ3) is 3.86. The molecule has 0 radical (unpaired) electrons. The van der Waals surface area contributed by atoms with Crippen LogP contribution in [0.1, 0.15) is 57.2 Å². The highest BCUT2D eigenvalue weighted by Crippen LogP contribution is 2.34. The van der Waals surface area contributed by atoms with E-state index in [1.165, 1.54) is 38.9 Å². The minimum absolute atomic E-state index is 0.156. The molecule has 3 aromatic rings. The van der Waals surface area contributed by atoms with Crippen LogP contribution in [0.5, 0.6) is 0 Å². The van der Waals surface area contributed by atoms with E-state index < -0.39 is 0 Å². The largest absolute Gasteiger partial charge is 0.354 e. The topological polar surface area (TPSA) is 41.8 Å². The molecule has 0 spiro atoms. The van der Waals surface area contributed by atoms with Crippen molar-refractivity contribution in [1.29, 1.82) is 0 Å². The molecular weight excluding hydrogens is 316 g/mol. The summed E-state index contributed by atoms with van der Waals surface area (Å²) in [4.78, 5) is 3.69. The number of benzene rings is 2. The molecule has 2 heteroatoms. The van der Waals surface area contributed by atoms with Crippen molar-refractivity contribution in [2.24, 2.45) is 5.73 Å². The van der Waals surface area contributed by atoms with Gasteiger partial charge in [0.05, 0.1) is 0 Å². The van der Waals surface area contributed by atoms with E-state index in [0.29, 0.717) is 0 Å². The average Bonchev–Trinajstić information content (AvgIpc) is 2.99. The predicted octanol–water partition coefficient (Wildman–Crippen LogP) is 5.98. The van der Waals surface area contributed by atoms with Crippen molar-refractivity contribution >= 4 is 10.9 Å². The maximum Gasteiger partial charge on any atom is 0.0497 e. The van der Waals surface area contributed by atoms with Crippen LogP contribution in [-0.4, -0.2) is 11.5 Å². The summed E-state index contributed by atoms with van der Waals surface area (Å²) in [6, 6.07) is 15.9. The molecule has 26 heavy (non-hydrogen) atoms. The van der Waals surface area contributed by atoms with Crippen molar-refractivity contribution in [3.05, 3.63) is 59.2 Å². The second kappa shape index (κ2) is 7.67. The second-order valence-corrected chi connectivity index (χ2v) is 8.29. The van der Waals surface area contributed by atoms with Gasteiger partial charge in [0.1, 0.15) is 0 Å².